The minimum absolute atomic E-state index is 0.0185. The highest BCUT2D eigenvalue weighted by atomic mass is 16.1. The molecule has 0 bridgehead atoms. The molecule has 0 spiro atoms. The zero-order chi connectivity index (χ0) is 11.9. The molecule has 1 aromatic rings. The molecule has 1 aliphatic rings. The van der Waals surface area contributed by atoms with Gasteiger partial charge in [-0.15, -0.1) is 0 Å². The van der Waals surface area contributed by atoms with Gasteiger partial charge in [0.1, 0.15) is 0 Å². The Balaban J connectivity index is 2.64. The molecule has 16 heavy (non-hydrogen) atoms. The molecule has 2 rings (SSSR count). The highest BCUT2D eigenvalue weighted by Gasteiger charge is 2.25. The van der Waals surface area contributed by atoms with Crippen LogP contribution in [0.5, 0.6) is 0 Å². The van der Waals surface area contributed by atoms with Crippen molar-refractivity contribution in [3.8, 4) is 0 Å². The van der Waals surface area contributed by atoms with Gasteiger partial charge in [-0.3, -0.25) is 4.79 Å². The molecule has 0 aliphatic carbocycles. The summed E-state index contributed by atoms with van der Waals surface area (Å²) in [5.41, 5.74) is 5.28. The topological polar surface area (TPSA) is 29.1 Å². The molecule has 1 N–H and O–H groups in total. The van der Waals surface area contributed by atoms with E-state index in [0.29, 0.717) is 5.92 Å². The minimum atomic E-state index is 0.0185. The van der Waals surface area contributed by atoms with Crippen LogP contribution in [0, 0.1) is 19.8 Å². The first kappa shape index (κ1) is 10.9. The summed E-state index contributed by atoms with van der Waals surface area (Å²) in [6, 6.07) is 3.92. The summed E-state index contributed by atoms with van der Waals surface area (Å²) >= 11 is 0. The van der Waals surface area contributed by atoms with Crippen LogP contribution in [0.25, 0.3) is 5.70 Å². The number of carbonyl (C=O) groups is 1. The van der Waals surface area contributed by atoms with Crippen molar-refractivity contribution in [2.75, 3.05) is 0 Å². The van der Waals surface area contributed by atoms with E-state index in [2.05, 4.69) is 39.1 Å². The van der Waals surface area contributed by atoms with Crippen LogP contribution in [0.1, 0.15) is 40.9 Å². The van der Waals surface area contributed by atoms with Crippen molar-refractivity contribution in [1.82, 2.24) is 5.32 Å². The maximum Gasteiger partial charge on any atom is 0.256 e. The fourth-order valence-electron chi connectivity index (χ4n) is 2.06. The predicted molar refractivity (Wildman–Crippen MR) is 66.2 cm³/mol. The van der Waals surface area contributed by atoms with Crippen LogP contribution in [0.3, 0.4) is 0 Å². The van der Waals surface area contributed by atoms with Crippen LogP contribution in [-0.4, -0.2) is 5.91 Å². The van der Waals surface area contributed by atoms with Crippen LogP contribution >= 0.6 is 0 Å². The van der Waals surface area contributed by atoms with E-state index in [1.165, 1.54) is 11.1 Å². The Hall–Kier alpha value is -1.57. The molecule has 84 valence electrons. The molecular weight excluding hydrogens is 198 g/mol. The van der Waals surface area contributed by atoms with Crippen LogP contribution in [-0.2, 0) is 0 Å². The number of carbonyl (C=O) groups excluding carboxylic acids is 1. The smallest absolute Gasteiger partial charge is 0.256 e. The molecule has 0 saturated heterocycles. The van der Waals surface area contributed by atoms with Crippen molar-refractivity contribution in [2.24, 2.45) is 5.92 Å². The van der Waals surface area contributed by atoms with Crippen molar-refractivity contribution in [1.29, 1.82) is 0 Å². The third kappa shape index (κ3) is 1.64. The van der Waals surface area contributed by atoms with E-state index < -0.39 is 0 Å². The van der Waals surface area contributed by atoms with Crippen LogP contribution in [0.2, 0.25) is 0 Å². The fourth-order valence-corrected chi connectivity index (χ4v) is 2.06. The van der Waals surface area contributed by atoms with Gasteiger partial charge in [-0.1, -0.05) is 26.0 Å². The molecule has 1 amide bonds. The lowest BCUT2D eigenvalue weighted by Crippen LogP contribution is -2.12. The van der Waals surface area contributed by atoms with Gasteiger partial charge in [-0.25, -0.2) is 0 Å². The Morgan fingerprint density at radius 3 is 2.56 bits per heavy atom. The summed E-state index contributed by atoms with van der Waals surface area (Å²) in [6.45, 7) is 8.37. The molecule has 0 fully saturated rings. The highest BCUT2D eigenvalue weighted by Crippen LogP contribution is 2.30. The second-order valence-electron chi connectivity index (χ2n) is 4.71. The van der Waals surface area contributed by atoms with E-state index in [1.807, 2.05) is 12.1 Å². The minimum Gasteiger partial charge on any atom is -0.322 e. The molecule has 0 radical (unpaired) electrons. The Kier molecular flexibility index (Phi) is 2.58. The van der Waals surface area contributed by atoms with E-state index in [1.54, 1.807) is 0 Å². The number of nitrogens with one attached hydrogen (secondary N) is 1. The molecule has 1 aliphatic heterocycles. The number of amides is 1. The van der Waals surface area contributed by atoms with Gasteiger partial charge in [0.25, 0.3) is 5.91 Å². The number of hydrogen-bond acceptors (Lipinski definition) is 1. The van der Waals surface area contributed by atoms with Crippen molar-refractivity contribution in [3.05, 3.63) is 40.5 Å². The van der Waals surface area contributed by atoms with E-state index in [9.17, 15) is 4.79 Å². The van der Waals surface area contributed by atoms with Gasteiger partial charge in [0.05, 0.1) is 0 Å². The molecule has 0 saturated carbocycles. The summed E-state index contributed by atoms with van der Waals surface area (Å²) in [5, 5.41) is 2.94. The Morgan fingerprint density at radius 1 is 1.25 bits per heavy atom. The van der Waals surface area contributed by atoms with Gasteiger partial charge >= 0.3 is 0 Å². The van der Waals surface area contributed by atoms with Gasteiger partial charge in [0.15, 0.2) is 0 Å². The van der Waals surface area contributed by atoms with E-state index in [0.717, 1.165) is 16.8 Å². The quantitative estimate of drug-likeness (QED) is 0.766. The number of aryl methyl sites for hydroxylation is 1. The number of allylic oxidation sites excluding steroid dienone is 1. The first-order chi connectivity index (χ1) is 7.50. The summed E-state index contributed by atoms with van der Waals surface area (Å²) in [7, 11) is 0. The van der Waals surface area contributed by atoms with Crippen LogP contribution < -0.4 is 5.32 Å². The summed E-state index contributed by atoms with van der Waals surface area (Å²) in [4.78, 5) is 11.8. The second kappa shape index (κ2) is 3.78. The number of benzene rings is 1. The summed E-state index contributed by atoms with van der Waals surface area (Å²) in [5.74, 6) is 0.450. The summed E-state index contributed by atoms with van der Waals surface area (Å²) in [6.07, 6.45) is 2.11. The van der Waals surface area contributed by atoms with Gasteiger partial charge in [0, 0.05) is 16.8 Å². The Morgan fingerprint density at radius 2 is 1.94 bits per heavy atom. The van der Waals surface area contributed by atoms with Gasteiger partial charge < -0.3 is 5.32 Å². The normalized spacial score (nSPS) is 16.8. The third-order valence-electron chi connectivity index (χ3n) is 3.00. The van der Waals surface area contributed by atoms with E-state index in [-0.39, 0.29) is 5.91 Å². The molecule has 2 heteroatoms. The lowest BCUT2D eigenvalue weighted by atomic mass is 9.96. The third-order valence-corrected chi connectivity index (χ3v) is 3.00. The molecule has 0 atom stereocenters. The Bertz CT molecular complexity index is 484. The number of hydrogen-bond donors (Lipinski definition) is 1. The summed E-state index contributed by atoms with van der Waals surface area (Å²) < 4.78 is 0. The van der Waals surface area contributed by atoms with Crippen molar-refractivity contribution in [3.63, 3.8) is 0 Å². The molecular formula is C14H17NO. The maximum absolute atomic E-state index is 11.8. The van der Waals surface area contributed by atoms with Gasteiger partial charge in [-0.2, -0.15) is 0 Å². The number of fused-ring (bicyclic) bond motifs is 1. The monoisotopic (exact) mass is 215 g/mol. The average molecular weight is 215 g/mol. The molecule has 0 aromatic heterocycles. The van der Waals surface area contributed by atoms with Crippen LogP contribution in [0.15, 0.2) is 18.2 Å². The van der Waals surface area contributed by atoms with Crippen molar-refractivity contribution < 1.29 is 4.79 Å². The first-order valence-corrected chi connectivity index (χ1v) is 5.64. The van der Waals surface area contributed by atoms with Crippen molar-refractivity contribution in [2.45, 2.75) is 27.7 Å². The second-order valence-corrected chi connectivity index (χ2v) is 4.71. The fraction of sp³-hybridized carbons (Fsp3) is 0.357. The largest absolute Gasteiger partial charge is 0.322 e. The standard InChI is InChI=1S/C14H17NO/c1-8(2)7-12-13-10(4)9(3)5-6-11(13)14(16)15-12/h5-8H,1-4H3,(H,15,16)/b12-7-. The average Bonchev–Trinajstić information content (AvgIpc) is 2.49. The van der Waals surface area contributed by atoms with E-state index >= 15 is 0 Å². The predicted octanol–water partition coefficient (Wildman–Crippen LogP) is 3.04. The SMILES string of the molecule is Cc1ccc2c(c1C)/C(=C/C(C)C)NC2=O. The zero-order valence-corrected chi connectivity index (χ0v) is 10.2. The number of rotatable bonds is 1. The van der Waals surface area contributed by atoms with Gasteiger partial charge in [0.2, 0.25) is 0 Å². The van der Waals surface area contributed by atoms with Crippen molar-refractivity contribution >= 4 is 11.6 Å². The highest BCUT2D eigenvalue weighted by molar-refractivity contribution is 6.09. The van der Waals surface area contributed by atoms with E-state index in [4.69, 9.17) is 0 Å². The molecule has 1 heterocycles. The zero-order valence-electron chi connectivity index (χ0n) is 10.2. The Labute approximate surface area is 96.4 Å². The maximum atomic E-state index is 11.8. The molecule has 1 aromatic carbocycles. The molecule has 0 unspecified atom stereocenters. The lowest BCUT2D eigenvalue weighted by molar-refractivity contribution is 0.0981. The van der Waals surface area contributed by atoms with Crippen LogP contribution in [0.4, 0.5) is 0 Å². The lowest BCUT2D eigenvalue weighted by Gasteiger charge is -2.08. The first-order valence-electron chi connectivity index (χ1n) is 5.64. The molecule has 2 nitrogen and oxygen atoms in total. The van der Waals surface area contributed by atoms with Gasteiger partial charge in [-0.05, 0) is 37.0 Å².